The number of β-amino-alcohol motifs (C(OH)–C–C–N with tert-alkyl or cyclic N) is 1. The predicted molar refractivity (Wildman–Crippen MR) is 110 cm³/mol. The molecule has 168 valence electrons. The van der Waals surface area contributed by atoms with E-state index in [-0.39, 0.29) is 11.3 Å². The average molecular weight is 447 g/mol. The van der Waals surface area contributed by atoms with Crippen molar-refractivity contribution in [3.63, 3.8) is 0 Å². The zero-order valence-electron chi connectivity index (χ0n) is 17.0. The first-order chi connectivity index (χ1) is 15.2. The SMILES string of the molecule is Cc1cnc(-c2cc(C(=O)Nc3ccc(OC(F)(F)F)cc3)cnc2N2CCC(O)C2)[nH]1. The van der Waals surface area contributed by atoms with E-state index < -0.39 is 18.4 Å². The molecule has 8 nitrogen and oxygen atoms in total. The van der Waals surface area contributed by atoms with Crippen LogP contribution in [0.1, 0.15) is 22.5 Å². The number of hydrogen-bond donors (Lipinski definition) is 3. The van der Waals surface area contributed by atoms with Gasteiger partial charge in [-0.2, -0.15) is 0 Å². The minimum atomic E-state index is -4.79. The van der Waals surface area contributed by atoms with Crippen molar-refractivity contribution in [2.45, 2.75) is 25.8 Å². The Balaban J connectivity index is 1.57. The molecule has 3 heterocycles. The van der Waals surface area contributed by atoms with E-state index in [1.165, 1.54) is 18.3 Å². The molecule has 2 aromatic heterocycles. The lowest BCUT2D eigenvalue weighted by molar-refractivity contribution is -0.274. The zero-order valence-corrected chi connectivity index (χ0v) is 17.0. The van der Waals surface area contributed by atoms with Crippen LogP contribution in [0.4, 0.5) is 24.7 Å². The number of aromatic nitrogens is 3. The van der Waals surface area contributed by atoms with Gasteiger partial charge in [0.15, 0.2) is 0 Å². The van der Waals surface area contributed by atoms with E-state index in [1.807, 2.05) is 11.8 Å². The van der Waals surface area contributed by atoms with Crippen LogP contribution < -0.4 is 15.0 Å². The molecule has 0 spiro atoms. The van der Waals surface area contributed by atoms with Crippen molar-refractivity contribution in [3.05, 3.63) is 54.0 Å². The normalized spacial score (nSPS) is 16.3. The molecule has 1 fully saturated rings. The molecule has 32 heavy (non-hydrogen) atoms. The van der Waals surface area contributed by atoms with Gasteiger partial charge >= 0.3 is 6.36 Å². The Kier molecular flexibility index (Phi) is 5.74. The van der Waals surface area contributed by atoms with E-state index in [1.54, 1.807) is 12.3 Å². The van der Waals surface area contributed by atoms with Crippen molar-refractivity contribution in [1.29, 1.82) is 0 Å². The topological polar surface area (TPSA) is 103 Å². The second-order valence-electron chi connectivity index (χ2n) is 7.42. The standard InChI is InChI=1S/C21H20F3N5O3/c1-12-9-25-18(27-12)17-8-13(10-26-19(17)29-7-6-15(30)11-29)20(31)28-14-2-4-16(5-3-14)32-21(22,23)24/h2-5,8-10,15,30H,6-7,11H2,1H3,(H,25,27)(H,28,31). The van der Waals surface area contributed by atoms with E-state index in [9.17, 15) is 23.1 Å². The Labute approximate surface area is 181 Å². The van der Waals surface area contributed by atoms with E-state index in [4.69, 9.17) is 0 Å². The fourth-order valence-electron chi connectivity index (χ4n) is 3.43. The first kappa shape index (κ1) is 21.6. The second kappa shape index (κ2) is 8.50. The summed E-state index contributed by atoms with van der Waals surface area (Å²) in [4.78, 5) is 26.6. The minimum Gasteiger partial charge on any atom is -0.406 e. The molecule has 11 heteroatoms. The van der Waals surface area contributed by atoms with Gasteiger partial charge in [-0.3, -0.25) is 4.79 Å². The molecule has 1 unspecified atom stereocenters. The van der Waals surface area contributed by atoms with Crippen molar-refractivity contribution in [3.8, 4) is 17.1 Å². The predicted octanol–water partition coefficient (Wildman–Crippen LogP) is 3.50. The highest BCUT2D eigenvalue weighted by Gasteiger charge is 2.31. The van der Waals surface area contributed by atoms with Gasteiger partial charge in [0.1, 0.15) is 17.4 Å². The number of amides is 1. The molecule has 1 aromatic carbocycles. The fourth-order valence-corrected chi connectivity index (χ4v) is 3.43. The highest BCUT2D eigenvalue weighted by atomic mass is 19.4. The number of rotatable bonds is 5. The molecule has 1 saturated heterocycles. The number of alkyl halides is 3. The maximum atomic E-state index is 12.8. The molecule has 3 aromatic rings. The number of aryl methyl sites for hydroxylation is 1. The maximum absolute atomic E-state index is 12.8. The average Bonchev–Trinajstić information content (AvgIpc) is 3.36. The van der Waals surface area contributed by atoms with Crippen LogP contribution >= 0.6 is 0 Å². The fraction of sp³-hybridized carbons (Fsp3) is 0.286. The highest BCUT2D eigenvalue weighted by molar-refractivity contribution is 6.05. The molecule has 1 aliphatic heterocycles. The van der Waals surface area contributed by atoms with Gasteiger partial charge in [-0.25, -0.2) is 9.97 Å². The maximum Gasteiger partial charge on any atom is 0.573 e. The molecule has 0 bridgehead atoms. The van der Waals surface area contributed by atoms with Crippen LogP contribution in [0.3, 0.4) is 0 Å². The van der Waals surface area contributed by atoms with Gasteiger partial charge in [0.05, 0.1) is 17.2 Å². The zero-order chi connectivity index (χ0) is 22.9. The number of aromatic amines is 1. The van der Waals surface area contributed by atoms with E-state index in [0.29, 0.717) is 42.4 Å². The lowest BCUT2D eigenvalue weighted by Gasteiger charge is -2.20. The molecule has 0 aliphatic carbocycles. The number of ether oxygens (including phenoxy) is 1. The number of nitrogens with zero attached hydrogens (tertiary/aromatic N) is 3. The number of hydrogen-bond acceptors (Lipinski definition) is 6. The first-order valence-electron chi connectivity index (χ1n) is 9.80. The Morgan fingerprint density at radius 1 is 1.25 bits per heavy atom. The van der Waals surface area contributed by atoms with Gasteiger partial charge in [0.2, 0.25) is 0 Å². The second-order valence-corrected chi connectivity index (χ2v) is 7.42. The molecule has 3 N–H and O–H groups in total. The first-order valence-corrected chi connectivity index (χ1v) is 9.80. The Morgan fingerprint density at radius 2 is 2.00 bits per heavy atom. The molecule has 1 aliphatic rings. The molecule has 4 rings (SSSR count). The van der Waals surface area contributed by atoms with Crippen LogP contribution in [-0.2, 0) is 0 Å². The monoisotopic (exact) mass is 447 g/mol. The van der Waals surface area contributed by atoms with Gasteiger partial charge < -0.3 is 25.0 Å². The van der Waals surface area contributed by atoms with Crippen LogP contribution in [-0.4, -0.2) is 51.5 Å². The summed E-state index contributed by atoms with van der Waals surface area (Å²) >= 11 is 0. The van der Waals surface area contributed by atoms with Gasteiger partial charge in [-0.1, -0.05) is 0 Å². The number of nitrogens with one attached hydrogen (secondary N) is 2. The summed E-state index contributed by atoms with van der Waals surface area (Å²) in [5.41, 5.74) is 1.98. The van der Waals surface area contributed by atoms with Crippen molar-refractivity contribution < 1.29 is 27.8 Å². The summed E-state index contributed by atoms with van der Waals surface area (Å²) in [5.74, 6) is 0.264. The summed E-state index contributed by atoms with van der Waals surface area (Å²) < 4.78 is 40.7. The summed E-state index contributed by atoms with van der Waals surface area (Å²) in [6.45, 7) is 2.91. The Hall–Kier alpha value is -3.60. The van der Waals surface area contributed by atoms with Crippen molar-refractivity contribution in [2.75, 3.05) is 23.3 Å². The smallest absolute Gasteiger partial charge is 0.406 e. The number of imidazole rings is 1. The molecule has 1 atom stereocenters. The lowest BCUT2D eigenvalue weighted by Crippen LogP contribution is -2.23. The van der Waals surface area contributed by atoms with Crippen molar-refractivity contribution >= 4 is 17.4 Å². The summed E-state index contributed by atoms with van der Waals surface area (Å²) in [5, 5.41) is 12.5. The van der Waals surface area contributed by atoms with Crippen LogP contribution in [0, 0.1) is 6.92 Å². The number of benzene rings is 1. The van der Waals surface area contributed by atoms with Gasteiger partial charge in [0, 0.05) is 36.9 Å². The highest BCUT2D eigenvalue weighted by Crippen LogP contribution is 2.31. The number of pyridine rings is 1. The lowest BCUT2D eigenvalue weighted by atomic mass is 10.1. The number of H-pyrrole nitrogens is 1. The Bertz CT molecular complexity index is 1110. The number of halogens is 3. The number of carbonyl (C=O) groups excluding carboxylic acids is 1. The van der Waals surface area contributed by atoms with E-state index in [2.05, 4.69) is 25.0 Å². The molecule has 1 amide bonds. The number of aliphatic hydroxyl groups is 1. The molecular formula is C21H20F3N5O3. The summed E-state index contributed by atoms with van der Waals surface area (Å²) in [7, 11) is 0. The minimum absolute atomic E-state index is 0.244. The number of carbonyl (C=O) groups is 1. The molecular weight excluding hydrogens is 427 g/mol. The van der Waals surface area contributed by atoms with Gasteiger partial charge in [-0.05, 0) is 43.7 Å². The van der Waals surface area contributed by atoms with Crippen LogP contribution in [0.2, 0.25) is 0 Å². The van der Waals surface area contributed by atoms with Gasteiger partial charge in [-0.15, -0.1) is 13.2 Å². The molecule has 0 saturated carbocycles. The van der Waals surface area contributed by atoms with Gasteiger partial charge in [0.25, 0.3) is 5.91 Å². The third-order valence-electron chi connectivity index (χ3n) is 4.90. The van der Waals surface area contributed by atoms with Crippen LogP contribution in [0.15, 0.2) is 42.7 Å². The van der Waals surface area contributed by atoms with Crippen molar-refractivity contribution in [2.24, 2.45) is 0 Å². The summed E-state index contributed by atoms with van der Waals surface area (Å²) in [6.07, 6.45) is -1.54. The summed E-state index contributed by atoms with van der Waals surface area (Å²) in [6, 6.07) is 6.48. The third kappa shape index (κ3) is 4.99. The third-order valence-corrected chi connectivity index (χ3v) is 4.90. The Morgan fingerprint density at radius 3 is 2.59 bits per heavy atom. The number of aliphatic hydroxyl groups excluding tert-OH is 1. The van der Waals surface area contributed by atoms with E-state index in [0.717, 1.165) is 17.8 Å². The van der Waals surface area contributed by atoms with Crippen LogP contribution in [0.5, 0.6) is 5.75 Å². The van der Waals surface area contributed by atoms with E-state index >= 15 is 0 Å². The quantitative estimate of drug-likeness (QED) is 0.553. The molecule has 0 radical (unpaired) electrons. The largest absolute Gasteiger partial charge is 0.573 e. The number of anilines is 2. The van der Waals surface area contributed by atoms with Crippen LogP contribution in [0.25, 0.3) is 11.4 Å². The van der Waals surface area contributed by atoms with Crippen molar-refractivity contribution in [1.82, 2.24) is 15.0 Å².